The Morgan fingerprint density at radius 2 is 1.62 bits per heavy atom. The monoisotopic (exact) mass is 607 g/mol. The van der Waals surface area contributed by atoms with Crippen LogP contribution in [0.5, 0.6) is 0 Å². The highest BCUT2D eigenvalue weighted by molar-refractivity contribution is 6.20. The predicted molar refractivity (Wildman–Crippen MR) is 193 cm³/mol. The molecule has 0 N–H and O–H groups in total. The molecule has 0 amide bonds. The van der Waals surface area contributed by atoms with Gasteiger partial charge in [0.15, 0.2) is 5.58 Å². The Labute approximate surface area is 273 Å². The van der Waals surface area contributed by atoms with Crippen LogP contribution in [0.4, 0.5) is 0 Å². The second-order valence-corrected chi connectivity index (χ2v) is 13.8. The standard InChI is InChI=1S/C43H33N3O/c1-24-13-12-19-32-35(24)41-36(43(32,3)4)31-23-25(2)34-29-18-10-11-20-33(29)46(39(34)40(31)47-41)42-44-37(27-15-6-5-7-16-27)30-22-21-26-14-8-9-17-28(26)38(30)45-42/h5-7,9-13,15-23H,8,14H2,1-4H3. The van der Waals surface area contributed by atoms with E-state index < -0.39 is 0 Å². The molecule has 0 unspecified atom stereocenters. The van der Waals surface area contributed by atoms with E-state index in [1.807, 2.05) is 0 Å². The highest BCUT2D eigenvalue weighted by Crippen LogP contribution is 2.55. The summed E-state index contributed by atoms with van der Waals surface area (Å²) in [4.78, 5) is 10.9. The summed E-state index contributed by atoms with van der Waals surface area (Å²) in [5, 5.41) is 4.59. The third-order valence-corrected chi connectivity index (χ3v) is 10.7. The molecule has 0 saturated heterocycles. The number of allylic oxidation sites excluding steroid dienone is 1. The number of benzene rings is 5. The molecule has 4 nitrogen and oxygen atoms in total. The van der Waals surface area contributed by atoms with Gasteiger partial charge in [-0.25, -0.2) is 9.97 Å². The molecule has 2 aliphatic rings. The van der Waals surface area contributed by atoms with Crippen LogP contribution in [0.1, 0.15) is 53.6 Å². The van der Waals surface area contributed by atoms with E-state index in [4.69, 9.17) is 14.4 Å². The predicted octanol–water partition coefficient (Wildman–Crippen LogP) is 11.0. The average molecular weight is 608 g/mol. The Morgan fingerprint density at radius 3 is 2.49 bits per heavy atom. The van der Waals surface area contributed by atoms with E-state index in [9.17, 15) is 0 Å². The Balaban J connectivity index is 1.39. The van der Waals surface area contributed by atoms with Gasteiger partial charge in [0.25, 0.3) is 0 Å². The van der Waals surface area contributed by atoms with Crippen LogP contribution in [-0.2, 0) is 11.8 Å². The molecule has 0 bridgehead atoms. The van der Waals surface area contributed by atoms with Crippen molar-refractivity contribution in [2.24, 2.45) is 0 Å². The normalized spacial score (nSPS) is 14.7. The molecule has 226 valence electrons. The molecule has 5 aromatic carbocycles. The Morgan fingerprint density at radius 1 is 0.787 bits per heavy atom. The molecule has 0 atom stereocenters. The quantitative estimate of drug-likeness (QED) is 0.196. The fourth-order valence-electron chi connectivity index (χ4n) is 8.54. The van der Waals surface area contributed by atoms with Crippen LogP contribution in [-0.4, -0.2) is 14.5 Å². The summed E-state index contributed by atoms with van der Waals surface area (Å²) in [5.41, 5.74) is 14.6. The van der Waals surface area contributed by atoms with Gasteiger partial charge in [0.1, 0.15) is 11.3 Å². The Hall–Kier alpha value is -5.48. The van der Waals surface area contributed by atoms with E-state index >= 15 is 0 Å². The third-order valence-electron chi connectivity index (χ3n) is 10.7. The Bertz CT molecular complexity index is 2670. The summed E-state index contributed by atoms with van der Waals surface area (Å²) >= 11 is 0. The summed E-state index contributed by atoms with van der Waals surface area (Å²) in [6.07, 6.45) is 6.59. The van der Waals surface area contributed by atoms with Gasteiger partial charge < -0.3 is 4.42 Å². The molecule has 4 heteroatoms. The van der Waals surface area contributed by atoms with Crippen molar-refractivity contribution in [2.75, 3.05) is 0 Å². The number of hydrogen-bond acceptors (Lipinski definition) is 3. The first kappa shape index (κ1) is 26.7. The molecule has 2 aliphatic carbocycles. The first-order chi connectivity index (χ1) is 22.9. The molecule has 0 spiro atoms. The molecule has 10 rings (SSSR count). The highest BCUT2D eigenvalue weighted by Gasteiger charge is 2.42. The number of para-hydroxylation sites is 1. The van der Waals surface area contributed by atoms with Gasteiger partial charge in [-0.3, -0.25) is 4.57 Å². The average Bonchev–Trinajstić information content (AvgIpc) is 3.72. The van der Waals surface area contributed by atoms with Gasteiger partial charge in [-0.05, 0) is 61.1 Å². The highest BCUT2D eigenvalue weighted by atomic mass is 16.3. The smallest absolute Gasteiger partial charge is 0.235 e. The lowest BCUT2D eigenvalue weighted by molar-refractivity contribution is 0.620. The molecule has 8 aromatic rings. The van der Waals surface area contributed by atoms with Crippen molar-refractivity contribution < 1.29 is 4.42 Å². The lowest BCUT2D eigenvalue weighted by Crippen LogP contribution is -2.15. The lowest BCUT2D eigenvalue weighted by atomic mass is 9.81. The van der Waals surface area contributed by atoms with Crippen molar-refractivity contribution in [3.8, 4) is 28.5 Å². The van der Waals surface area contributed by atoms with E-state index in [1.54, 1.807) is 0 Å². The summed E-state index contributed by atoms with van der Waals surface area (Å²) in [6.45, 7) is 9.08. The molecular weight excluding hydrogens is 574 g/mol. The molecule has 3 aromatic heterocycles. The van der Waals surface area contributed by atoms with Crippen molar-refractivity contribution >= 4 is 49.8 Å². The number of fused-ring (bicyclic) bond motifs is 12. The second-order valence-electron chi connectivity index (χ2n) is 13.8. The molecule has 47 heavy (non-hydrogen) atoms. The minimum absolute atomic E-state index is 0.190. The third kappa shape index (κ3) is 3.48. The number of rotatable bonds is 2. The molecule has 0 fully saturated rings. The van der Waals surface area contributed by atoms with Gasteiger partial charge >= 0.3 is 0 Å². The van der Waals surface area contributed by atoms with Crippen molar-refractivity contribution in [3.05, 3.63) is 130 Å². The minimum atomic E-state index is -0.190. The fraction of sp³-hybridized carbons (Fsp3) is 0.163. The van der Waals surface area contributed by atoms with Gasteiger partial charge in [-0.2, -0.15) is 0 Å². The van der Waals surface area contributed by atoms with E-state index in [2.05, 4.69) is 135 Å². The molecule has 3 heterocycles. The van der Waals surface area contributed by atoms with Gasteiger partial charge in [0, 0.05) is 49.2 Å². The first-order valence-electron chi connectivity index (χ1n) is 16.6. The number of hydrogen-bond donors (Lipinski definition) is 0. The molecular formula is C43H33N3O. The zero-order valence-corrected chi connectivity index (χ0v) is 27.0. The van der Waals surface area contributed by atoms with Crippen molar-refractivity contribution in [1.29, 1.82) is 0 Å². The van der Waals surface area contributed by atoms with Crippen LogP contribution in [0.25, 0.3) is 78.3 Å². The zero-order valence-electron chi connectivity index (χ0n) is 27.0. The molecule has 0 saturated carbocycles. The number of nitrogens with zero attached hydrogens (tertiary/aromatic N) is 3. The van der Waals surface area contributed by atoms with Crippen LogP contribution in [0.3, 0.4) is 0 Å². The zero-order chi connectivity index (χ0) is 31.6. The Kier molecular flexibility index (Phi) is 5.28. The second kappa shape index (κ2) is 9.29. The van der Waals surface area contributed by atoms with E-state index in [0.717, 1.165) is 57.4 Å². The van der Waals surface area contributed by atoms with Crippen LogP contribution in [0, 0.1) is 13.8 Å². The van der Waals surface area contributed by atoms with Crippen molar-refractivity contribution in [2.45, 2.75) is 46.0 Å². The SMILES string of the molecule is Cc1cccc2c1-c1oc3c(cc(C)c4c5ccccc5n(-c5nc(-c6ccccc6)c6ccc7c(c6n5)C=CCC7)c34)c1C2(C)C. The first-order valence-corrected chi connectivity index (χ1v) is 16.6. The summed E-state index contributed by atoms with van der Waals surface area (Å²) in [7, 11) is 0. The van der Waals surface area contributed by atoms with Crippen LogP contribution in [0.2, 0.25) is 0 Å². The van der Waals surface area contributed by atoms with Crippen molar-refractivity contribution in [3.63, 3.8) is 0 Å². The van der Waals surface area contributed by atoms with Gasteiger partial charge in [-0.15, -0.1) is 0 Å². The van der Waals surface area contributed by atoms with E-state index in [0.29, 0.717) is 5.95 Å². The van der Waals surface area contributed by atoms with Gasteiger partial charge in [0.05, 0.1) is 16.7 Å². The number of aryl methyl sites for hydroxylation is 3. The fourth-order valence-corrected chi connectivity index (χ4v) is 8.54. The topological polar surface area (TPSA) is 43.9 Å². The summed E-state index contributed by atoms with van der Waals surface area (Å²) in [5.74, 6) is 1.65. The molecule has 0 radical (unpaired) electrons. The largest absolute Gasteiger partial charge is 0.453 e. The maximum absolute atomic E-state index is 7.12. The van der Waals surface area contributed by atoms with Gasteiger partial charge in [-0.1, -0.05) is 105 Å². The lowest BCUT2D eigenvalue weighted by Gasteiger charge is -2.21. The maximum atomic E-state index is 7.12. The van der Waals surface area contributed by atoms with E-state index in [-0.39, 0.29) is 5.41 Å². The van der Waals surface area contributed by atoms with Crippen LogP contribution >= 0.6 is 0 Å². The van der Waals surface area contributed by atoms with Crippen LogP contribution in [0.15, 0.2) is 101 Å². The number of furan rings is 1. The number of aromatic nitrogens is 3. The van der Waals surface area contributed by atoms with Crippen molar-refractivity contribution in [1.82, 2.24) is 14.5 Å². The summed E-state index contributed by atoms with van der Waals surface area (Å²) < 4.78 is 9.38. The van der Waals surface area contributed by atoms with E-state index in [1.165, 1.54) is 55.1 Å². The van der Waals surface area contributed by atoms with Gasteiger partial charge in [0.2, 0.25) is 5.95 Å². The minimum Gasteiger partial charge on any atom is -0.453 e. The molecule has 0 aliphatic heterocycles. The maximum Gasteiger partial charge on any atom is 0.235 e. The summed E-state index contributed by atoms with van der Waals surface area (Å²) in [6, 6.07) is 32.6. The van der Waals surface area contributed by atoms with Crippen LogP contribution < -0.4 is 0 Å².